The number of cyclic esters (lactones) is 1. The van der Waals surface area contributed by atoms with E-state index >= 15 is 0 Å². The number of hydrogen-bond donors (Lipinski definition) is 0. The average Bonchev–Trinajstić information content (AvgIpc) is 3.58. The lowest BCUT2D eigenvalue weighted by atomic mass is 9.68. The van der Waals surface area contributed by atoms with Crippen LogP contribution in [-0.4, -0.2) is 73.8 Å². The highest BCUT2D eigenvalue weighted by atomic mass is 16.7. The molecule has 0 bridgehead atoms. The fraction of sp³-hybridized carbons (Fsp3) is 0.837. The monoisotopic (exact) mass is 726 g/mol. The molecule has 17 atom stereocenters. The van der Waals surface area contributed by atoms with Gasteiger partial charge in [-0.15, -0.1) is 0 Å². The van der Waals surface area contributed by atoms with Gasteiger partial charge in [-0.2, -0.15) is 0 Å². The zero-order valence-corrected chi connectivity index (χ0v) is 33.2. The van der Waals surface area contributed by atoms with E-state index in [2.05, 4.69) is 33.8 Å². The Balaban J connectivity index is 1.17. The molecule has 0 aromatic heterocycles. The van der Waals surface area contributed by atoms with Gasteiger partial charge in [0.25, 0.3) is 0 Å². The van der Waals surface area contributed by atoms with Crippen LogP contribution in [0.15, 0.2) is 23.3 Å². The first-order chi connectivity index (χ1) is 24.8. The Kier molecular flexibility index (Phi) is 12.6. The summed E-state index contributed by atoms with van der Waals surface area (Å²) in [5.74, 6) is 0.536. The third-order valence-electron chi connectivity index (χ3n) is 14.5. The summed E-state index contributed by atoms with van der Waals surface area (Å²) < 4.78 is 37.7. The fourth-order valence-corrected chi connectivity index (χ4v) is 11.4. The van der Waals surface area contributed by atoms with Gasteiger partial charge >= 0.3 is 5.97 Å². The highest BCUT2D eigenvalue weighted by Gasteiger charge is 2.70. The molecule has 6 aliphatic rings. The van der Waals surface area contributed by atoms with E-state index in [0.717, 1.165) is 57.7 Å². The first kappa shape index (κ1) is 39.8. The summed E-state index contributed by atoms with van der Waals surface area (Å²) in [5, 5.41) is 0. The minimum Gasteiger partial charge on any atom is -0.463 e. The minimum atomic E-state index is -0.840. The Labute approximate surface area is 312 Å². The Morgan fingerprint density at radius 1 is 0.981 bits per heavy atom. The first-order valence-electron chi connectivity index (χ1n) is 20.6. The molecule has 3 saturated heterocycles. The smallest absolute Gasteiger partial charge is 0.306 e. The van der Waals surface area contributed by atoms with Gasteiger partial charge < -0.3 is 33.2 Å². The maximum absolute atomic E-state index is 14.6. The van der Waals surface area contributed by atoms with Gasteiger partial charge in [-0.05, 0) is 114 Å². The summed E-state index contributed by atoms with van der Waals surface area (Å²) >= 11 is 0. The van der Waals surface area contributed by atoms with Gasteiger partial charge in [0.1, 0.15) is 5.60 Å². The van der Waals surface area contributed by atoms with Gasteiger partial charge in [0.15, 0.2) is 24.6 Å². The molecule has 5 fully saturated rings. The van der Waals surface area contributed by atoms with Crippen LogP contribution in [0, 0.1) is 53.3 Å². The van der Waals surface area contributed by atoms with E-state index < -0.39 is 11.9 Å². The van der Waals surface area contributed by atoms with Gasteiger partial charge in [0.05, 0.1) is 42.9 Å². The molecule has 0 amide bonds. The number of ether oxygens (including phenoxy) is 6. The number of rotatable bonds is 8. The molecule has 6 rings (SSSR count). The second-order valence-corrected chi connectivity index (χ2v) is 17.4. The Morgan fingerprint density at radius 3 is 2.42 bits per heavy atom. The molecule has 0 N–H and O–H groups in total. The van der Waals surface area contributed by atoms with E-state index in [-0.39, 0.29) is 90.5 Å². The molecular weight excluding hydrogens is 660 g/mol. The van der Waals surface area contributed by atoms with Crippen LogP contribution in [0.5, 0.6) is 0 Å². The summed E-state index contributed by atoms with van der Waals surface area (Å²) in [4.78, 5) is 40.4. The van der Waals surface area contributed by atoms with Gasteiger partial charge in [-0.3, -0.25) is 9.59 Å². The van der Waals surface area contributed by atoms with Crippen molar-refractivity contribution in [2.24, 2.45) is 53.3 Å². The van der Waals surface area contributed by atoms with Crippen LogP contribution < -0.4 is 0 Å². The van der Waals surface area contributed by atoms with Crippen molar-refractivity contribution in [3.05, 3.63) is 23.3 Å². The normalized spacial score (nSPS) is 48.1. The molecule has 3 aliphatic carbocycles. The number of carbonyl (C=O) groups excluding carboxylic acids is 3. The molecule has 0 aromatic rings. The van der Waals surface area contributed by atoms with Crippen LogP contribution in [-0.2, 0) is 42.8 Å². The lowest BCUT2D eigenvalue weighted by Gasteiger charge is -2.50. The summed E-state index contributed by atoms with van der Waals surface area (Å²) in [7, 11) is 1.71. The predicted molar refractivity (Wildman–Crippen MR) is 197 cm³/mol. The van der Waals surface area contributed by atoms with Crippen molar-refractivity contribution in [2.75, 3.05) is 7.11 Å². The molecular formula is C43H66O9. The van der Waals surface area contributed by atoms with E-state index in [1.807, 2.05) is 33.8 Å². The molecule has 0 aromatic carbocycles. The number of Topliss-reactive ketones (excluding diaryl/α,β-unsaturated/α-hetero) is 1. The van der Waals surface area contributed by atoms with Crippen LogP contribution >= 0.6 is 0 Å². The van der Waals surface area contributed by atoms with Crippen LogP contribution in [0.3, 0.4) is 0 Å². The van der Waals surface area contributed by atoms with Crippen LogP contribution in [0.25, 0.3) is 0 Å². The van der Waals surface area contributed by atoms with Gasteiger partial charge in [0.2, 0.25) is 0 Å². The number of hydrogen-bond acceptors (Lipinski definition) is 9. The molecule has 0 radical (unpaired) electrons. The van der Waals surface area contributed by atoms with Crippen LogP contribution in [0.1, 0.15) is 120 Å². The third kappa shape index (κ3) is 7.52. The number of fused-ring (bicyclic) bond motifs is 2. The van der Waals surface area contributed by atoms with E-state index in [1.54, 1.807) is 7.11 Å². The Bertz CT molecular complexity index is 1360. The standard InChI is InChI=1S/C43H66O9/c1-10-29-15-16-38(49-28(29)8)51-36-14-12-13-24(4)48-37(45)21-35(33(11-2)40(46)25(36)5)30-17-23(3)34-20-32(19-31(34)18-30)50-42-39-26(6)41(47-9)27(7)43(39,22-44)52-42/h11,17,22,24-32,34-36,38-39,41-42H,10,12-16,18-21H2,1-9H3. The van der Waals surface area contributed by atoms with Gasteiger partial charge in [-0.25, -0.2) is 0 Å². The van der Waals surface area contributed by atoms with Crippen LogP contribution in [0.2, 0.25) is 0 Å². The Morgan fingerprint density at radius 2 is 1.75 bits per heavy atom. The quantitative estimate of drug-likeness (QED) is 0.107. The number of methoxy groups -OCH3 is 1. The molecule has 17 unspecified atom stereocenters. The average molecular weight is 727 g/mol. The maximum atomic E-state index is 14.6. The molecule has 9 heteroatoms. The largest absolute Gasteiger partial charge is 0.463 e. The van der Waals surface area contributed by atoms with E-state index in [0.29, 0.717) is 29.7 Å². The SMILES string of the molecule is CC=C1C(=O)C(C)C(OC2CCC(CC)C(C)O2)CCCC(C)OC(=O)CC1C1C=C(C)C2CC(OC3OC4(C=O)C(C)C(OC)C(C)C34)CC2C1. The van der Waals surface area contributed by atoms with E-state index in [4.69, 9.17) is 28.4 Å². The molecule has 3 heterocycles. The lowest BCUT2D eigenvalue weighted by molar-refractivity contribution is -0.349. The van der Waals surface area contributed by atoms with E-state index in [1.165, 1.54) is 5.57 Å². The summed E-state index contributed by atoms with van der Waals surface area (Å²) in [5.41, 5.74) is 1.16. The molecule has 52 heavy (non-hydrogen) atoms. The predicted octanol–water partition coefficient (Wildman–Crippen LogP) is 7.78. The zero-order valence-electron chi connectivity index (χ0n) is 33.2. The van der Waals surface area contributed by atoms with E-state index in [9.17, 15) is 14.4 Å². The van der Waals surface area contributed by atoms with Crippen molar-refractivity contribution in [2.45, 2.75) is 168 Å². The number of allylic oxidation sites excluding steroid dienone is 4. The highest BCUT2D eigenvalue weighted by molar-refractivity contribution is 5.98. The van der Waals surface area contributed by atoms with Gasteiger partial charge in [-0.1, -0.05) is 51.8 Å². The number of aldehydes is 1. The highest BCUT2D eigenvalue weighted by Crippen LogP contribution is 2.58. The minimum absolute atomic E-state index is 0.0102. The lowest BCUT2D eigenvalue weighted by Crippen LogP contribution is -2.63. The molecule has 292 valence electrons. The van der Waals surface area contributed by atoms with Crippen molar-refractivity contribution in [1.29, 1.82) is 0 Å². The second kappa shape index (κ2) is 16.4. The molecule has 3 aliphatic heterocycles. The number of ketones is 1. The topological polar surface area (TPSA) is 107 Å². The maximum Gasteiger partial charge on any atom is 0.306 e. The molecule has 2 saturated carbocycles. The van der Waals surface area contributed by atoms with Gasteiger partial charge in [0, 0.05) is 24.9 Å². The Hall–Kier alpha value is -1.91. The van der Waals surface area contributed by atoms with Crippen molar-refractivity contribution >= 4 is 18.0 Å². The summed E-state index contributed by atoms with van der Waals surface area (Å²) in [6.07, 6.45) is 12.1. The van der Waals surface area contributed by atoms with Crippen molar-refractivity contribution in [3.8, 4) is 0 Å². The second-order valence-electron chi connectivity index (χ2n) is 17.4. The fourth-order valence-electron chi connectivity index (χ4n) is 11.4. The molecule has 0 spiro atoms. The number of carbonyl (C=O) groups is 3. The zero-order chi connectivity index (χ0) is 37.5. The third-order valence-corrected chi connectivity index (χ3v) is 14.5. The summed E-state index contributed by atoms with van der Waals surface area (Å²) in [6.45, 7) is 16.6. The number of esters is 1. The molecule has 9 nitrogen and oxygen atoms in total. The van der Waals surface area contributed by atoms with Crippen molar-refractivity contribution in [3.63, 3.8) is 0 Å². The van der Waals surface area contributed by atoms with Crippen LogP contribution in [0.4, 0.5) is 0 Å². The summed E-state index contributed by atoms with van der Waals surface area (Å²) in [6, 6.07) is 0. The first-order valence-corrected chi connectivity index (χ1v) is 20.6. The van der Waals surface area contributed by atoms with Crippen molar-refractivity contribution < 1.29 is 42.8 Å². The van der Waals surface area contributed by atoms with Crippen molar-refractivity contribution in [1.82, 2.24) is 0 Å².